The van der Waals surface area contributed by atoms with E-state index in [9.17, 15) is 38.9 Å². The summed E-state index contributed by atoms with van der Waals surface area (Å²) in [4.78, 5) is 94.9. The highest BCUT2D eigenvalue weighted by Crippen LogP contribution is 2.40. The molecule has 6 amide bonds. The van der Waals surface area contributed by atoms with E-state index in [1.807, 2.05) is 37.5 Å². The Labute approximate surface area is 391 Å². The Balaban J connectivity index is 0.812. The number of hydrogen-bond acceptors (Lipinski definition) is 15. The normalized spacial score (nSPS) is 16.3. The Bertz CT molecular complexity index is 2880. The van der Waals surface area contributed by atoms with E-state index < -0.39 is 53.3 Å². The molecule has 2 atom stereocenters. The topological polar surface area (TPSA) is 258 Å². The minimum Gasteiger partial charge on any atom is -0.494 e. The van der Waals surface area contributed by atoms with Crippen LogP contribution in [0.25, 0.3) is 5.00 Å². The number of aliphatic imine (C=N–C) groups is 1. The summed E-state index contributed by atoms with van der Waals surface area (Å²) in [6.07, 6.45) is -0.475. The molecule has 1 unspecified atom stereocenters. The lowest BCUT2D eigenvalue weighted by Gasteiger charge is -2.27. The second-order valence-electron chi connectivity index (χ2n) is 15.8. The van der Waals surface area contributed by atoms with Crippen LogP contribution in [-0.4, -0.2) is 98.2 Å². The van der Waals surface area contributed by atoms with Gasteiger partial charge >= 0.3 is 6.09 Å². The molecule has 0 bridgehead atoms. The highest BCUT2D eigenvalue weighted by Gasteiger charge is 2.45. The largest absolute Gasteiger partial charge is 0.494 e. The van der Waals surface area contributed by atoms with Crippen molar-refractivity contribution >= 4 is 75.7 Å². The first-order valence-electron chi connectivity index (χ1n) is 21.2. The third kappa shape index (κ3) is 9.59. The molecule has 5 aromatic rings. The van der Waals surface area contributed by atoms with Crippen LogP contribution in [0.4, 0.5) is 16.2 Å². The van der Waals surface area contributed by atoms with Crippen molar-refractivity contribution in [1.29, 1.82) is 0 Å². The Morgan fingerprint density at radius 1 is 0.970 bits per heavy atom. The Morgan fingerprint density at radius 2 is 1.75 bits per heavy atom. The zero-order chi connectivity index (χ0) is 47.5. The van der Waals surface area contributed by atoms with Crippen LogP contribution in [0.3, 0.4) is 0 Å². The van der Waals surface area contributed by atoms with Crippen molar-refractivity contribution in [3.63, 3.8) is 0 Å². The van der Waals surface area contributed by atoms with Crippen molar-refractivity contribution < 1.29 is 43.2 Å². The third-order valence-electron chi connectivity index (χ3n) is 11.4. The summed E-state index contributed by atoms with van der Waals surface area (Å²) in [6.45, 7) is 5.97. The summed E-state index contributed by atoms with van der Waals surface area (Å²) < 4.78 is 13.1. The third-order valence-corrected chi connectivity index (χ3v) is 12.9. The molecular formula is C45H43ClN10O10S. The van der Waals surface area contributed by atoms with Crippen LogP contribution in [-0.2, 0) is 25.7 Å². The lowest BCUT2D eigenvalue weighted by molar-refractivity contribution is -0.385. The van der Waals surface area contributed by atoms with Crippen LogP contribution in [0.15, 0.2) is 65.7 Å². The maximum atomic E-state index is 13.4. The van der Waals surface area contributed by atoms with Crippen molar-refractivity contribution in [2.24, 2.45) is 4.99 Å². The second-order valence-corrected chi connectivity index (χ2v) is 17.5. The van der Waals surface area contributed by atoms with E-state index in [4.69, 9.17) is 26.1 Å². The molecule has 22 heteroatoms. The number of aromatic nitrogens is 3. The predicted molar refractivity (Wildman–Crippen MR) is 244 cm³/mol. The van der Waals surface area contributed by atoms with Gasteiger partial charge in [-0.15, -0.1) is 21.5 Å². The number of nitro groups is 1. The number of fused-ring (bicyclic) bond motifs is 4. The zero-order valence-electron chi connectivity index (χ0n) is 36.3. The molecule has 67 heavy (non-hydrogen) atoms. The fraction of sp³-hybridized carbons (Fsp3) is 0.311. The summed E-state index contributed by atoms with van der Waals surface area (Å²) in [5.74, 6) is -1.31. The number of imide groups is 2. The number of hydrogen-bond donors (Lipinski definition) is 4. The molecule has 1 saturated heterocycles. The van der Waals surface area contributed by atoms with E-state index >= 15 is 0 Å². The van der Waals surface area contributed by atoms with Crippen molar-refractivity contribution in [3.8, 4) is 10.8 Å². The molecule has 3 aliphatic heterocycles. The molecule has 0 radical (unpaired) electrons. The number of amides is 6. The van der Waals surface area contributed by atoms with Crippen molar-refractivity contribution in [2.45, 2.75) is 65.1 Å². The number of nitro benzene ring substituents is 1. The summed E-state index contributed by atoms with van der Waals surface area (Å²) >= 11 is 7.81. The summed E-state index contributed by atoms with van der Waals surface area (Å²) in [5.41, 5.74) is 3.99. The molecule has 1 fully saturated rings. The minimum atomic E-state index is -1.09. The van der Waals surface area contributed by atoms with Gasteiger partial charge in [0.2, 0.25) is 17.7 Å². The highest BCUT2D eigenvalue weighted by molar-refractivity contribution is 7.15. The molecule has 4 N–H and O–H groups in total. The first-order chi connectivity index (χ1) is 32.2. The number of nitrogens with zero attached hydrogens (tertiary/aromatic N) is 6. The number of halogens is 1. The number of alkyl carbamates (subject to hydrolysis) is 1. The smallest absolute Gasteiger partial charge is 0.407 e. The van der Waals surface area contributed by atoms with Crippen LogP contribution in [0.5, 0.6) is 5.75 Å². The molecular weight excluding hydrogens is 908 g/mol. The molecule has 8 rings (SSSR count). The molecule has 20 nitrogen and oxygen atoms in total. The van der Waals surface area contributed by atoms with E-state index in [0.29, 0.717) is 41.0 Å². The van der Waals surface area contributed by atoms with Gasteiger partial charge in [-0.2, -0.15) is 0 Å². The van der Waals surface area contributed by atoms with Crippen LogP contribution >= 0.6 is 22.9 Å². The molecule has 0 aliphatic carbocycles. The van der Waals surface area contributed by atoms with Gasteiger partial charge in [-0.05, 0) is 75.6 Å². The average molecular weight is 951 g/mol. The lowest BCUT2D eigenvalue weighted by Crippen LogP contribution is -2.54. The van der Waals surface area contributed by atoms with E-state index in [1.54, 1.807) is 35.6 Å². The molecule has 346 valence electrons. The van der Waals surface area contributed by atoms with Gasteiger partial charge in [-0.1, -0.05) is 29.8 Å². The Hall–Kier alpha value is -7.52. The van der Waals surface area contributed by atoms with Crippen molar-refractivity contribution in [2.75, 3.05) is 31.6 Å². The average Bonchev–Trinajstić information content (AvgIpc) is 3.88. The van der Waals surface area contributed by atoms with E-state index in [2.05, 4.69) is 31.5 Å². The maximum Gasteiger partial charge on any atom is 0.407 e. The number of rotatable bonds is 16. The van der Waals surface area contributed by atoms with Gasteiger partial charge in [0, 0.05) is 58.8 Å². The fourth-order valence-electron chi connectivity index (χ4n) is 8.03. The number of aryl methyl sites for hydroxylation is 2. The van der Waals surface area contributed by atoms with Gasteiger partial charge in [0.1, 0.15) is 35.3 Å². The van der Waals surface area contributed by atoms with Gasteiger partial charge in [-0.3, -0.25) is 53.9 Å². The quantitative estimate of drug-likeness (QED) is 0.0417. The Morgan fingerprint density at radius 3 is 2.51 bits per heavy atom. The van der Waals surface area contributed by atoms with E-state index in [1.165, 1.54) is 24.3 Å². The van der Waals surface area contributed by atoms with Gasteiger partial charge in [0.05, 0.1) is 40.4 Å². The number of benzene rings is 3. The number of piperidine rings is 1. The minimum absolute atomic E-state index is 0.00674. The maximum absolute atomic E-state index is 13.4. The summed E-state index contributed by atoms with van der Waals surface area (Å²) in [6, 6.07) is 14.4. The number of carbonyl (C=O) groups excluding carboxylic acids is 6. The van der Waals surface area contributed by atoms with Crippen LogP contribution in [0.1, 0.15) is 91.2 Å². The number of thiophene rings is 1. The number of carbonyl (C=O) groups is 6. The first-order valence-corrected chi connectivity index (χ1v) is 22.4. The SMILES string of the molecule is Cc1sc2c(c1C)C(c1ccc(Cl)cc1)=N[C@@H](CC(=O)NCCNC(=O)OCc1cc(OCCCNc3cccc4c3C(=O)N(C3CCC(=O)NC3=O)C4=O)ccc1[N+](=O)[O-])c1nnc(C)n1-2. The molecule has 3 aromatic carbocycles. The van der Waals surface area contributed by atoms with Gasteiger partial charge in [0.25, 0.3) is 17.5 Å². The molecule has 0 saturated carbocycles. The summed E-state index contributed by atoms with van der Waals surface area (Å²) in [5, 5.41) is 32.7. The van der Waals surface area contributed by atoms with Crippen LogP contribution in [0.2, 0.25) is 5.02 Å². The van der Waals surface area contributed by atoms with Crippen molar-refractivity contribution in [1.82, 2.24) is 35.6 Å². The van der Waals surface area contributed by atoms with E-state index in [-0.39, 0.29) is 73.0 Å². The number of ether oxygens (including phenoxy) is 2. The van der Waals surface area contributed by atoms with Gasteiger partial charge in [-0.25, -0.2) is 4.79 Å². The number of anilines is 1. The second kappa shape index (κ2) is 19.5. The molecule has 2 aromatic heterocycles. The Kier molecular flexibility index (Phi) is 13.4. The molecule has 3 aliphatic rings. The van der Waals surface area contributed by atoms with Crippen molar-refractivity contribution in [3.05, 3.63) is 126 Å². The molecule has 5 heterocycles. The lowest BCUT2D eigenvalue weighted by atomic mass is 9.99. The van der Waals surface area contributed by atoms with Crippen LogP contribution in [0, 0.1) is 30.9 Å². The highest BCUT2D eigenvalue weighted by atomic mass is 35.5. The van der Waals surface area contributed by atoms with E-state index in [0.717, 1.165) is 31.5 Å². The first kappa shape index (κ1) is 46.0. The van der Waals surface area contributed by atoms with Gasteiger partial charge < -0.3 is 25.4 Å². The summed E-state index contributed by atoms with van der Waals surface area (Å²) in [7, 11) is 0. The fourth-order valence-corrected chi connectivity index (χ4v) is 9.37. The number of nitrogens with one attached hydrogen (secondary N) is 4. The monoisotopic (exact) mass is 950 g/mol. The predicted octanol–water partition coefficient (Wildman–Crippen LogP) is 5.42. The standard InChI is InChI=1S/C45H43ClN10O10S/c1-23-24(2)67-44-37(23)39(26-8-10-28(46)11-9-26)50-32(40-53-52-25(3)54(40)44)21-36(58)48-17-18-49-45(62)66-22-27-20-29(12-13-33(27)56(63)64)65-19-5-16-47-31-7-4-6-30-38(31)43(61)55(42(30)60)34-14-15-35(57)51-41(34)59/h4,6-13,20,32,34,47H,5,14-19,21-22H2,1-3H3,(H,48,58)(H,49,62)(H,51,57,59)/t32-,34?/m0/s1. The zero-order valence-corrected chi connectivity index (χ0v) is 37.9. The van der Waals surface area contributed by atoms with Gasteiger partial charge in [0.15, 0.2) is 5.82 Å². The van der Waals surface area contributed by atoms with Crippen LogP contribution < -0.4 is 26.0 Å². The molecule has 0 spiro atoms.